The van der Waals surface area contributed by atoms with E-state index in [2.05, 4.69) is 41.5 Å². The zero-order valence-corrected chi connectivity index (χ0v) is 18.4. The Morgan fingerprint density at radius 1 is 1.17 bits per heavy atom. The number of rotatable bonds is 8. The number of ether oxygens (including phenoxy) is 1. The third kappa shape index (κ3) is 5.33. The van der Waals surface area contributed by atoms with E-state index in [9.17, 15) is 4.79 Å². The summed E-state index contributed by atoms with van der Waals surface area (Å²) in [6.07, 6.45) is 0. The molecule has 0 fully saturated rings. The predicted molar refractivity (Wildman–Crippen MR) is 120 cm³/mol. The molecule has 1 amide bonds. The third-order valence-corrected chi connectivity index (χ3v) is 5.63. The first-order chi connectivity index (χ1) is 14.3. The van der Waals surface area contributed by atoms with Crippen molar-refractivity contribution in [3.8, 4) is 5.75 Å². The zero-order chi connectivity index (χ0) is 21.7. The summed E-state index contributed by atoms with van der Waals surface area (Å²) in [6, 6.07) is 15.5. The molecule has 0 aliphatic carbocycles. The Balaban J connectivity index is 1.63. The average Bonchev–Trinajstić information content (AvgIpc) is 3.06. The molecule has 3 rings (SSSR count). The highest BCUT2D eigenvalue weighted by molar-refractivity contribution is 8.00. The monoisotopic (exact) mass is 425 g/mol. The molecule has 0 aliphatic heterocycles. The highest BCUT2D eigenvalue weighted by Gasteiger charge is 2.20. The van der Waals surface area contributed by atoms with Crippen LogP contribution >= 0.6 is 11.8 Å². The molecule has 1 atom stereocenters. The molecule has 3 aromatic rings. The summed E-state index contributed by atoms with van der Waals surface area (Å²) in [5.74, 6) is 7.67. The molecule has 2 aromatic carbocycles. The molecule has 0 saturated heterocycles. The van der Waals surface area contributed by atoms with E-state index < -0.39 is 5.25 Å². The minimum atomic E-state index is -0.394. The molecule has 3 N–H and O–H groups in total. The number of thioether (sulfide) groups is 1. The van der Waals surface area contributed by atoms with Gasteiger partial charge in [-0.3, -0.25) is 4.79 Å². The van der Waals surface area contributed by atoms with Gasteiger partial charge in [-0.1, -0.05) is 55.9 Å². The molecule has 1 aromatic heterocycles. The fourth-order valence-electron chi connectivity index (χ4n) is 2.85. The number of hydrogen-bond donors (Lipinski definition) is 2. The van der Waals surface area contributed by atoms with E-state index >= 15 is 0 Å². The van der Waals surface area contributed by atoms with Gasteiger partial charge in [-0.25, -0.2) is 4.68 Å². The van der Waals surface area contributed by atoms with E-state index in [1.807, 2.05) is 43.3 Å². The topological polar surface area (TPSA) is 95.1 Å². The second-order valence-corrected chi connectivity index (χ2v) is 8.68. The molecule has 0 radical (unpaired) electrons. The van der Waals surface area contributed by atoms with E-state index in [1.54, 1.807) is 6.92 Å². The number of carbonyl (C=O) groups is 1. The lowest BCUT2D eigenvalue weighted by Gasteiger charge is -2.15. The number of aryl methyl sites for hydroxylation is 1. The summed E-state index contributed by atoms with van der Waals surface area (Å²) < 4.78 is 7.38. The van der Waals surface area contributed by atoms with Crippen LogP contribution in [0.25, 0.3) is 0 Å². The maximum atomic E-state index is 12.4. The Morgan fingerprint density at radius 2 is 1.90 bits per heavy atom. The zero-order valence-electron chi connectivity index (χ0n) is 17.6. The van der Waals surface area contributed by atoms with Crippen LogP contribution in [0.1, 0.15) is 43.6 Å². The number of aromatic nitrogens is 3. The van der Waals surface area contributed by atoms with Crippen LogP contribution in [0.15, 0.2) is 53.7 Å². The SMILES string of the molecule is Cc1ccc(C(C)C)c(OCc2nnc(S[C@H](C)C(=O)Nc3ccccc3)n2N)c1. The van der Waals surface area contributed by atoms with Gasteiger partial charge in [0.2, 0.25) is 11.1 Å². The quantitative estimate of drug-likeness (QED) is 0.416. The van der Waals surface area contributed by atoms with Gasteiger partial charge in [-0.05, 0) is 49.1 Å². The van der Waals surface area contributed by atoms with Gasteiger partial charge in [-0.2, -0.15) is 0 Å². The van der Waals surface area contributed by atoms with Gasteiger partial charge in [0.1, 0.15) is 12.4 Å². The van der Waals surface area contributed by atoms with Crippen LogP contribution in [0.5, 0.6) is 5.75 Å². The van der Waals surface area contributed by atoms with Crippen LogP contribution < -0.4 is 15.9 Å². The van der Waals surface area contributed by atoms with E-state index in [4.69, 9.17) is 10.6 Å². The van der Waals surface area contributed by atoms with Gasteiger partial charge in [0, 0.05) is 5.69 Å². The number of hydrogen-bond acceptors (Lipinski definition) is 6. The molecule has 8 heteroatoms. The number of nitrogens with two attached hydrogens (primary N) is 1. The van der Waals surface area contributed by atoms with Crippen molar-refractivity contribution >= 4 is 23.4 Å². The molecule has 0 saturated carbocycles. The number of nitrogens with zero attached hydrogens (tertiary/aromatic N) is 3. The summed E-state index contributed by atoms with van der Waals surface area (Å²) in [4.78, 5) is 12.4. The number of para-hydroxylation sites is 1. The first kappa shape index (κ1) is 21.7. The van der Waals surface area contributed by atoms with Gasteiger partial charge >= 0.3 is 0 Å². The molecular weight excluding hydrogens is 398 g/mol. The standard InChI is InChI=1S/C22H27N5O2S/c1-14(2)18-11-10-15(3)12-19(18)29-13-20-25-26-22(27(20)23)30-16(4)21(28)24-17-8-6-5-7-9-17/h5-12,14,16H,13,23H2,1-4H3,(H,24,28)/t16-/m1/s1. The number of nitrogens with one attached hydrogen (secondary N) is 1. The molecule has 0 aliphatic rings. The van der Waals surface area contributed by atoms with Crippen molar-refractivity contribution in [2.75, 3.05) is 11.2 Å². The second kappa shape index (κ2) is 9.67. The van der Waals surface area contributed by atoms with E-state index in [0.29, 0.717) is 16.9 Å². The Bertz CT molecular complexity index is 1000. The van der Waals surface area contributed by atoms with Crippen LogP contribution in [0.4, 0.5) is 5.69 Å². The van der Waals surface area contributed by atoms with Gasteiger partial charge < -0.3 is 15.9 Å². The van der Waals surface area contributed by atoms with Crippen molar-refractivity contribution in [3.05, 3.63) is 65.5 Å². The maximum absolute atomic E-state index is 12.4. The van der Waals surface area contributed by atoms with Crippen LogP contribution in [-0.2, 0) is 11.4 Å². The lowest BCUT2D eigenvalue weighted by Crippen LogP contribution is -2.24. The largest absolute Gasteiger partial charge is 0.485 e. The fourth-order valence-corrected chi connectivity index (χ4v) is 3.64. The molecule has 1 heterocycles. The summed E-state index contributed by atoms with van der Waals surface area (Å²) >= 11 is 1.25. The van der Waals surface area contributed by atoms with Crippen molar-refractivity contribution in [3.63, 3.8) is 0 Å². The number of benzene rings is 2. The van der Waals surface area contributed by atoms with Crippen LogP contribution in [0.3, 0.4) is 0 Å². The Morgan fingerprint density at radius 3 is 2.60 bits per heavy atom. The first-order valence-corrected chi connectivity index (χ1v) is 10.7. The molecule has 158 valence electrons. The highest BCUT2D eigenvalue weighted by atomic mass is 32.2. The normalized spacial score (nSPS) is 12.0. The molecule has 30 heavy (non-hydrogen) atoms. The molecule has 0 bridgehead atoms. The lowest BCUT2D eigenvalue weighted by molar-refractivity contribution is -0.115. The summed E-state index contributed by atoms with van der Waals surface area (Å²) in [5, 5.41) is 11.2. The van der Waals surface area contributed by atoms with E-state index in [1.165, 1.54) is 16.4 Å². The fraction of sp³-hybridized carbons (Fsp3) is 0.318. The van der Waals surface area contributed by atoms with Crippen molar-refractivity contribution in [2.24, 2.45) is 0 Å². The molecule has 0 spiro atoms. The van der Waals surface area contributed by atoms with E-state index in [0.717, 1.165) is 22.6 Å². The molecular formula is C22H27N5O2S. The van der Waals surface area contributed by atoms with Crippen LogP contribution in [0.2, 0.25) is 0 Å². The van der Waals surface area contributed by atoms with Crippen molar-refractivity contribution < 1.29 is 9.53 Å². The summed E-state index contributed by atoms with van der Waals surface area (Å²) in [7, 11) is 0. The first-order valence-electron chi connectivity index (χ1n) is 9.80. The van der Waals surface area contributed by atoms with Gasteiger partial charge in [0.05, 0.1) is 5.25 Å². The Hall–Kier alpha value is -3.00. The Labute approximate surface area is 181 Å². The van der Waals surface area contributed by atoms with Crippen molar-refractivity contribution in [2.45, 2.75) is 50.6 Å². The van der Waals surface area contributed by atoms with Crippen molar-refractivity contribution in [1.82, 2.24) is 14.9 Å². The minimum absolute atomic E-state index is 0.131. The van der Waals surface area contributed by atoms with Crippen molar-refractivity contribution in [1.29, 1.82) is 0 Å². The Kier molecular flexibility index (Phi) is 6.99. The molecule has 7 nitrogen and oxygen atoms in total. The third-order valence-electron chi connectivity index (χ3n) is 4.58. The number of anilines is 1. The maximum Gasteiger partial charge on any atom is 0.237 e. The average molecular weight is 426 g/mol. The number of amides is 1. The van der Waals surface area contributed by atoms with E-state index in [-0.39, 0.29) is 12.5 Å². The smallest absolute Gasteiger partial charge is 0.237 e. The number of nitrogen functional groups attached to an aromatic ring is 1. The van der Waals surface area contributed by atoms with Crippen LogP contribution in [0, 0.1) is 6.92 Å². The predicted octanol–water partition coefficient (Wildman–Crippen LogP) is 4.12. The van der Waals surface area contributed by atoms with Gasteiger partial charge in [-0.15, -0.1) is 10.2 Å². The lowest BCUT2D eigenvalue weighted by atomic mass is 10.0. The highest BCUT2D eigenvalue weighted by Crippen LogP contribution is 2.28. The summed E-state index contributed by atoms with van der Waals surface area (Å²) in [6.45, 7) is 8.27. The summed E-state index contributed by atoms with van der Waals surface area (Å²) in [5.41, 5.74) is 3.00. The van der Waals surface area contributed by atoms with Crippen LogP contribution in [-0.4, -0.2) is 26.0 Å². The minimum Gasteiger partial charge on any atom is -0.485 e. The second-order valence-electron chi connectivity index (χ2n) is 7.37. The van der Waals surface area contributed by atoms with Gasteiger partial charge in [0.25, 0.3) is 0 Å². The molecule has 0 unspecified atom stereocenters. The van der Waals surface area contributed by atoms with Gasteiger partial charge in [0.15, 0.2) is 5.82 Å². The number of carbonyl (C=O) groups excluding carboxylic acids is 1.